The number of nitrogens with two attached hydrogens (primary N) is 1. The standard InChI is InChI=1S/C21H21ClN4OS/c1-25-8-10-26(11-9-25)14-6-7-15(20(23)27)17(12-14)21-24-19(13-28-21)16-4-2-3-5-18(16)22/h2-7,12-13H,8-11H2,1H3,(H2,23,27). The molecule has 4 rings (SSSR count). The number of anilines is 1. The molecule has 1 aliphatic rings. The van der Waals surface area contributed by atoms with Crippen molar-refractivity contribution in [3.63, 3.8) is 0 Å². The Bertz CT molecular complexity index is 1010. The Morgan fingerprint density at radius 2 is 1.86 bits per heavy atom. The second kappa shape index (κ2) is 7.91. The minimum absolute atomic E-state index is 0.450. The van der Waals surface area contributed by atoms with Crippen molar-refractivity contribution >= 4 is 34.5 Å². The minimum atomic E-state index is -0.450. The maximum atomic E-state index is 12.0. The maximum Gasteiger partial charge on any atom is 0.249 e. The van der Waals surface area contributed by atoms with Crippen molar-refractivity contribution in [3.05, 3.63) is 58.4 Å². The number of thiazole rings is 1. The van der Waals surface area contributed by atoms with E-state index >= 15 is 0 Å². The molecule has 0 aliphatic carbocycles. The van der Waals surface area contributed by atoms with Gasteiger partial charge < -0.3 is 15.5 Å². The Labute approximate surface area is 173 Å². The van der Waals surface area contributed by atoms with Gasteiger partial charge in [-0.3, -0.25) is 4.79 Å². The predicted octanol–water partition coefficient (Wildman–Crippen LogP) is 3.98. The fourth-order valence-corrected chi connectivity index (χ4v) is 4.46. The van der Waals surface area contributed by atoms with Gasteiger partial charge in [-0.25, -0.2) is 4.98 Å². The molecule has 2 aromatic carbocycles. The number of carbonyl (C=O) groups is 1. The molecule has 0 spiro atoms. The van der Waals surface area contributed by atoms with Crippen LogP contribution in [0, 0.1) is 0 Å². The van der Waals surface area contributed by atoms with Crippen LogP contribution in [-0.4, -0.2) is 49.0 Å². The van der Waals surface area contributed by atoms with Crippen molar-refractivity contribution in [2.24, 2.45) is 5.73 Å². The van der Waals surface area contributed by atoms with Crippen molar-refractivity contribution in [1.29, 1.82) is 0 Å². The molecule has 0 atom stereocenters. The molecule has 2 N–H and O–H groups in total. The largest absolute Gasteiger partial charge is 0.369 e. The lowest BCUT2D eigenvalue weighted by Gasteiger charge is -2.34. The van der Waals surface area contributed by atoms with Gasteiger partial charge in [0.15, 0.2) is 0 Å². The highest BCUT2D eigenvalue weighted by Gasteiger charge is 2.19. The number of aromatic nitrogens is 1. The molecule has 1 fully saturated rings. The van der Waals surface area contributed by atoms with E-state index in [4.69, 9.17) is 22.3 Å². The topological polar surface area (TPSA) is 62.5 Å². The van der Waals surface area contributed by atoms with Crippen molar-refractivity contribution < 1.29 is 4.79 Å². The number of nitrogens with zero attached hydrogens (tertiary/aromatic N) is 3. The highest BCUT2D eigenvalue weighted by atomic mass is 35.5. The lowest BCUT2D eigenvalue weighted by molar-refractivity contribution is 0.100. The molecule has 1 amide bonds. The van der Waals surface area contributed by atoms with Crippen molar-refractivity contribution in [1.82, 2.24) is 9.88 Å². The fourth-order valence-electron chi connectivity index (χ4n) is 3.38. The summed E-state index contributed by atoms with van der Waals surface area (Å²) >= 11 is 7.80. The Morgan fingerprint density at radius 3 is 2.57 bits per heavy atom. The van der Waals surface area contributed by atoms with Gasteiger partial charge in [0.1, 0.15) is 5.01 Å². The molecule has 2 heterocycles. The minimum Gasteiger partial charge on any atom is -0.369 e. The normalized spacial score (nSPS) is 15.0. The van der Waals surface area contributed by atoms with Crippen LogP contribution in [0.4, 0.5) is 5.69 Å². The molecule has 0 saturated carbocycles. The summed E-state index contributed by atoms with van der Waals surface area (Å²) in [6, 6.07) is 13.4. The molecule has 28 heavy (non-hydrogen) atoms. The van der Waals surface area contributed by atoms with Crippen molar-refractivity contribution in [3.8, 4) is 21.8 Å². The summed E-state index contributed by atoms with van der Waals surface area (Å²) in [4.78, 5) is 21.4. The van der Waals surface area contributed by atoms with E-state index < -0.39 is 5.91 Å². The zero-order chi connectivity index (χ0) is 19.7. The number of amides is 1. The first kappa shape index (κ1) is 18.9. The van der Waals surface area contributed by atoms with E-state index in [0.29, 0.717) is 10.6 Å². The van der Waals surface area contributed by atoms with Gasteiger partial charge in [-0.1, -0.05) is 29.8 Å². The number of likely N-dealkylation sites (N-methyl/N-ethyl adjacent to an activating group) is 1. The smallest absolute Gasteiger partial charge is 0.249 e. The van der Waals surface area contributed by atoms with Gasteiger partial charge in [-0.05, 0) is 31.3 Å². The number of hydrogen-bond donors (Lipinski definition) is 1. The summed E-state index contributed by atoms with van der Waals surface area (Å²) in [5.41, 5.74) is 9.65. The first-order valence-electron chi connectivity index (χ1n) is 9.11. The van der Waals surface area contributed by atoms with E-state index in [-0.39, 0.29) is 0 Å². The van der Waals surface area contributed by atoms with Gasteiger partial charge in [0.05, 0.1) is 5.69 Å². The molecule has 1 saturated heterocycles. The highest BCUT2D eigenvalue weighted by molar-refractivity contribution is 7.13. The lowest BCUT2D eigenvalue weighted by Crippen LogP contribution is -2.44. The van der Waals surface area contributed by atoms with E-state index in [1.165, 1.54) is 11.3 Å². The second-order valence-corrected chi connectivity index (χ2v) is 8.17. The Morgan fingerprint density at radius 1 is 1.11 bits per heavy atom. The lowest BCUT2D eigenvalue weighted by atomic mass is 10.1. The first-order valence-corrected chi connectivity index (χ1v) is 10.4. The van der Waals surface area contributed by atoms with Crippen LogP contribution in [0.15, 0.2) is 47.8 Å². The van der Waals surface area contributed by atoms with E-state index in [2.05, 4.69) is 16.8 Å². The van der Waals surface area contributed by atoms with Gasteiger partial charge >= 0.3 is 0 Å². The van der Waals surface area contributed by atoms with E-state index in [0.717, 1.165) is 53.7 Å². The molecule has 144 valence electrons. The molecular formula is C21H21ClN4OS. The van der Waals surface area contributed by atoms with Crippen LogP contribution in [0.3, 0.4) is 0 Å². The summed E-state index contributed by atoms with van der Waals surface area (Å²) in [5.74, 6) is -0.450. The molecule has 0 bridgehead atoms. The monoisotopic (exact) mass is 412 g/mol. The van der Waals surface area contributed by atoms with Crippen LogP contribution in [0.1, 0.15) is 10.4 Å². The van der Waals surface area contributed by atoms with Crippen LogP contribution >= 0.6 is 22.9 Å². The molecule has 0 radical (unpaired) electrons. The third-order valence-electron chi connectivity index (χ3n) is 5.02. The van der Waals surface area contributed by atoms with Gasteiger partial charge in [-0.15, -0.1) is 11.3 Å². The summed E-state index contributed by atoms with van der Waals surface area (Å²) in [6.45, 7) is 3.94. The predicted molar refractivity (Wildman–Crippen MR) is 116 cm³/mol. The molecule has 1 aliphatic heterocycles. The Kier molecular flexibility index (Phi) is 5.35. The van der Waals surface area contributed by atoms with Gasteiger partial charge in [0.2, 0.25) is 5.91 Å². The molecule has 0 unspecified atom stereocenters. The number of piperazine rings is 1. The number of primary amides is 1. The van der Waals surface area contributed by atoms with Gasteiger partial charge in [0, 0.05) is 59.0 Å². The molecule has 3 aromatic rings. The third-order valence-corrected chi connectivity index (χ3v) is 6.23. The highest BCUT2D eigenvalue weighted by Crippen LogP contribution is 2.35. The van der Waals surface area contributed by atoms with Crippen LogP contribution < -0.4 is 10.6 Å². The number of benzene rings is 2. The first-order chi connectivity index (χ1) is 13.5. The third kappa shape index (κ3) is 3.76. The SMILES string of the molecule is CN1CCN(c2ccc(C(N)=O)c(-c3nc(-c4ccccc4Cl)cs3)c2)CC1. The quantitative estimate of drug-likeness (QED) is 0.704. The van der Waals surface area contributed by atoms with Crippen LogP contribution in [0.5, 0.6) is 0 Å². The average Bonchev–Trinajstić information content (AvgIpc) is 3.18. The molecule has 7 heteroatoms. The van der Waals surface area contributed by atoms with E-state index in [9.17, 15) is 4.79 Å². The van der Waals surface area contributed by atoms with Crippen molar-refractivity contribution in [2.75, 3.05) is 38.1 Å². The van der Waals surface area contributed by atoms with Gasteiger partial charge in [-0.2, -0.15) is 0 Å². The Balaban J connectivity index is 1.73. The second-order valence-electron chi connectivity index (χ2n) is 6.90. The summed E-state index contributed by atoms with van der Waals surface area (Å²) in [5, 5.41) is 3.38. The maximum absolute atomic E-state index is 12.0. The fraction of sp³-hybridized carbons (Fsp3) is 0.238. The van der Waals surface area contributed by atoms with Gasteiger partial charge in [0.25, 0.3) is 0 Å². The molecular weight excluding hydrogens is 392 g/mol. The summed E-state index contributed by atoms with van der Waals surface area (Å²) in [6.07, 6.45) is 0. The van der Waals surface area contributed by atoms with E-state index in [1.807, 2.05) is 47.8 Å². The summed E-state index contributed by atoms with van der Waals surface area (Å²) in [7, 11) is 2.13. The number of carbonyl (C=O) groups excluding carboxylic acids is 1. The van der Waals surface area contributed by atoms with Crippen LogP contribution in [-0.2, 0) is 0 Å². The van der Waals surface area contributed by atoms with Crippen molar-refractivity contribution in [2.45, 2.75) is 0 Å². The molecule has 1 aromatic heterocycles. The Hall–Kier alpha value is -2.41. The zero-order valence-electron chi connectivity index (χ0n) is 15.6. The van der Waals surface area contributed by atoms with Crippen LogP contribution in [0.2, 0.25) is 5.02 Å². The summed E-state index contributed by atoms with van der Waals surface area (Å²) < 4.78 is 0. The molecule has 5 nitrogen and oxygen atoms in total. The zero-order valence-corrected chi connectivity index (χ0v) is 17.1. The number of rotatable bonds is 4. The number of halogens is 1. The average molecular weight is 413 g/mol. The number of hydrogen-bond acceptors (Lipinski definition) is 5. The van der Waals surface area contributed by atoms with Crippen LogP contribution in [0.25, 0.3) is 21.8 Å². The van der Waals surface area contributed by atoms with E-state index in [1.54, 1.807) is 0 Å².